The Labute approximate surface area is 329 Å². The first-order valence-electron chi connectivity index (χ1n) is 19.3. The van der Waals surface area contributed by atoms with Crippen LogP contribution in [0.4, 0.5) is 0 Å². The highest BCUT2D eigenvalue weighted by molar-refractivity contribution is 6.12. The minimum Gasteiger partial charge on any atom is -0.438 e. The molecule has 3 amide bonds. The van der Waals surface area contributed by atoms with Crippen molar-refractivity contribution in [3.05, 3.63) is 98.7 Å². The molecule has 16 heteroatoms. The number of hydrogen-bond donors (Lipinski definition) is 3. The zero-order valence-electron chi connectivity index (χ0n) is 32.5. The number of imide groups is 1. The average Bonchev–Trinajstić information content (AvgIpc) is 3.93. The number of esters is 1. The third-order valence-electron chi connectivity index (χ3n) is 9.97. The van der Waals surface area contributed by atoms with Crippen molar-refractivity contribution < 1.29 is 28.7 Å². The second-order valence-electron chi connectivity index (χ2n) is 15.4. The van der Waals surface area contributed by atoms with E-state index in [1.807, 2.05) is 57.3 Å². The number of nitrogens with one attached hydrogen (secondary N) is 3. The van der Waals surface area contributed by atoms with Gasteiger partial charge in [-0.05, 0) is 68.6 Å². The molecule has 1 fully saturated rings. The molecular weight excluding hydrogens is 731 g/mol. The third-order valence-corrected chi connectivity index (χ3v) is 9.97. The maximum atomic E-state index is 13.0. The van der Waals surface area contributed by atoms with E-state index in [9.17, 15) is 24.0 Å². The molecule has 4 aromatic rings. The predicted octanol–water partition coefficient (Wildman–Crippen LogP) is 2.18. The number of rotatable bonds is 16. The summed E-state index contributed by atoms with van der Waals surface area (Å²) in [7, 11) is 0. The first kappa shape index (κ1) is 40.5. The van der Waals surface area contributed by atoms with Gasteiger partial charge in [-0.25, -0.2) is 9.97 Å². The molecule has 16 nitrogen and oxygen atoms in total. The predicted molar refractivity (Wildman–Crippen MR) is 208 cm³/mol. The fraction of sp³-hybridized carbons (Fsp3) is 0.439. The van der Waals surface area contributed by atoms with Crippen molar-refractivity contribution in [2.45, 2.75) is 84.1 Å². The van der Waals surface area contributed by atoms with Crippen molar-refractivity contribution in [1.82, 2.24) is 45.1 Å². The average molecular weight is 780 g/mol. The summed E-state index contributed by atoms with van der Waals surface area (Å²) in [5, 5.41) is 11.8. The van der Waals surface area contributed by atoms with E-state index in [4.69, 9.17) is 9.47 Å². The number of ether oxygens (including phenoxy) is 2. The molecule has 1 aliphatic heterocycles. The van der Waals surface area contributed by atoms with Crippen molar-refractivity contribution in [3.63, 3.8) is 0 Å². The van der Waals surface area contributed by atoms with E-state index in [2.05, 4.69) is 35.6 Å². The Balaban J connectivity index is 0.925. The van der Waals surface area contributed by atoms with Crippen LogP contribution in [0.15, 0.2) is 59.8 Å². The Morgan fingerprint density at radius 2 is 1.75 bits per heavy atom. The van der Waals surface area contributed by atoms with Crippen LogP contribution in [0.2, 0.25) is 0 Å². The Hall–Kier alpha value is -6.19. The van der Waals surface area contributed by atoms with Crippen LogP contribution in [-0.4, -0.2) is 83.4 Å². The maximum Gasteiger partial charge on any atom is 0.308 e. The van der Waals surface area contributed by atoms with Crippen molar-refractivity contribution in [1.29, 1.82) is 0 Å². The lowest BCUT2D eigenvalue weighted by Crippen LogP contribution is -2.38. The Morgan fingerprint density at radius 1 is 1.00 bits per heavy atom. The van der Waals surface area contributed by atoms with Crippen LogP contribution in [0.5, 0.6) is 5.88 Å². The summed E-state index contributed by atoms with van der Waals surface area (Å²) in [6.45, 7) is 7.22. The SMILES string of the molecule is CC(C)(C)c1[nH]cnc1/C=c1\[nH]c(=O)/c(=C/c2ccccc2)nc1OCOC(=O)CCCc1cn(CCCNC(=O)C2CCC(CN3C(=O)C=CC3=O)CC2)nn1. The van der Waals surface area contributed by atoms with Gasteiger partial charge in [0.2, 0.25) is 18.6 Å². The minimum absolute atomic E-state index is 0.0312. The molecule has 3 N–H and O–H groups in total. The van der Waals surface area contributed by atoms with Gasteiger partial charge in [-0.2, -0.15) is 0 Å². The van der Waals surface area contributed by atoms with Gasteiger partial charge >= 0.3 is 5.97 Å². The normalized spacial score (nSPS) is 17.7. The van der Waals surface area contributed by atoms with Crippen molar-refractivity contribution in [3.8, 4) is 5.88 Å². The van der Waals surface area contributed by atoms with E-state index in [-0.39, 0.29) is 58.0 Å². The van der Waals surface area contributed by atoms with E-state index in [0.717, 1.165) is 42.6 Å². The molecule has 1 saturated carbocycles. The lowest BCUT2D eigenvalue weighted by molar-refractivity contribution is -0.150. The zero-order chi connectivity index (χ0) is 40.4. The van der Waals surface area contributed by atoms with Gasteiger partial charge in [0.1, 0.15) is 10.7 Å². The lowest BCUT2D eigenvalue weighted by atomic mass is 9.81. The summed E-state index contributed by atoms with van der Waals surface area (Å²) in [4.78, 5) is 78.3. The smallest absolute Gasteiger partial charge is 0.308 e. The first-order chi connectivity index (χ1) is 27.4. The quantitative estimate of drug-likeness (QED) is 0.0650. The third kappa shape index (κ3) is 11.2. The highest BCUT2D eigenvalue weighted by Crippen LogP contribution is 2.30. The molecule has 0 saturated heterocycles. The van der Waals surface area contributed by atoms with Crippen LogP contribution in [0.3, 0.4) is 0 Å². The monoisotopic (exact) mass is 779 g/mol. The number of amides is 3. The van der Waals surface area contributed by atoms with E-state index >= 15 is 0 Å². The van der Waals surface area contributed by atoms with Gasteiger partial charge in [0.25, 0.3) is 17.4 Å². The molecule has 2 aliphatic rings. The topological polar surface area (TPSA) is 207 Å². The highest BCUT2D eigenvalue weighted by Gasteiger charge is 2.31. The molecule has 57 heavy (non-hydrogen) atoms. The van der Waals surface area contributed by atoms with Crippen LogP contribution in [0.1, 0.15) is 88.4 Å². The lowest BCUT2D eigenvalue weighted by Gasteiger charge is -2.30. The van der Waals surface area contributed by atoms with Gasteiger partial charge in [-0.3, -0.25) is 33.6 Å². The van der Waals surface area contributed by atoms with Gasteiger partial charge in [-0.1, -0.05) is 56.3 Å². The molecule has 0 atom stereocenters. The Morgan fingerprint density at radius 3 is 2.49 bits per heavy atom. The van der Waals surface area contributed by atoms with E-state index in [1.54, 1.807) is 23.2 Å². The number of aromatic nitrogens is 7. The van der Waals surface area contributed by atoms with E-state index in [1.165, 1.54) is 17.1 Å². The number of hydrogen-bond acceptors (Lipinski definition) is 11. The van der Waals surface area contributed by atoms with Gasteiger partial charge in [0, 0.05) is 61.4 Å². The summed E-state index contributed by atoms with van der Waals surface area (Å²) in [5.41, 5.74) is 2.34. The molecule has 1 aromatic carbocycles. The molecule has 6 rings (SSSR count). The Kier molecular flexibility index (Phi) is 13.2. The second kappa shape index (κ2) is 18.6. The molecule has 3 aromatic heterocycles. The van der Waals surface area contributed by atoms with Gasteiger partial charge in [0.05, 0.1) is 17.7 Å². The number of H-pyrrole nitrogens is 2. The number of carbonyl (C=O) groups excluding carboxylic acids is 4. The summed E-state index contributed by atoms with van der Waals surface area (Å²) < 4.78 is 12.9. The summed E-state index contributed by atoms with van der Waals surface area (Å²) >= 11 is 0. The van der Waals surface area contributed by atoms with Gasteiger partial charge in [0.15, 0.2) is 0 Å². The van der Waals surface area contributed by atoms with Crippen molar-refractivity contribution in [2.75, 3.05) is 19.9 Å². The fourth-order valence-corrected chi connectivity index (χ4v) is 6.90. The Bertz CT molecular complexity index is 2240. The zero-order valence-corrected chi connectivity index (χ0v) is 32.5. The first-order valence-corrected chi connectivity index (χ1v) is 19.3. The number of carbonyl (C=O) groups is 4. The largest absolute Gasteiger partial charge is 0.438 e. The molecule has 0 radical (unpaired) electrons. The summed E-state index contributed by atoms with van der Waals surface area (Å²) in [5.74, 6) is -0.718. The van der Waals surface area contributed by atoms with E-state index in [0.29, 0.717) is 44.6 Å². The van der Waals surface area contributed by atoms with Gasteiger partial charge in [-0.15, -0.1) is 5.10 Å². The molecule has 0 spiro atoms. The molecular formula is C41H49N9O7. The van der Waals surface area contributed by atoms with Gasteiger partial charge < -0.3 is 24.8 Å². The number of imidazole rings is 1. The molecule has 0 unspecified atom stereocenters. The maximum absolute atomic E-state index is 13.0. The van der Waals surface area contributed by atoms with Crippen molar-refractivity contribution in [2.24, 2.45) is 11.8 Å². The minimum atomic E-state index is -0.464. The molecule has 4 heterocycles. The van der Waals surface area contributed by atoms with Crippen molar-refractivity contribution >= 4 is 35.8 Å². The van der Waals surface area contributed by atoms with E-state index < -0.39 is 18.3 Å². The summed E-state index contributed by atoms with van der Waals surface area (Å²) in [6.07, 6.45) is 14.2. The second-order valence-corrected chi connectivity index (χ2v) is 15.4. The van der Waals surface area contributed by atoms with Crippen LogP contribution in [0.25, 0.3) is 12.2 Å². The molecule has 0 bridgehead atoms. The number of benzene rings is 1. The van der Waals surface area contributed by atoms with Crippen LogP contribution < -0.4 is 26.3 Å². The highest BCUT2D eigenvalue weighted by atomic mass is 16.7. The van der Waals surface area contributed by atoms with Crippen LogP contribution in [-0.2, 0) is 42.3 Å². The fourth-order valence-electron chi connectivity index (χ4n) is 6.90. The van der Waals surface area contributed by atoms with Crippen LogP contribution >= 0.6 is 0 Å². The number of aromatic amines is 2. The summed E-state index contributed by atoms with van der Waals surface area (Å²) in [6, 6.07) is 9.31. The number of aryl methyl sites for hydroxylation is 2. The standard InChI is InChI=1S/C41H49N9O7/c1-41(2,3)37-31(43-25-44-37)22-33-40(46-32(39(55)45-33)21-27-9-5-4-6-10-27)57-26-56-36(53)12-7-11-30-24-49(48-47-30)20-8-19-42-38(54)29-15-13-28(14-16-29)23-50-34(51)17-18-35(50)52/h4-6,9-10,17-18,21-22,24-25,28-29H,7-8,11-16,19-20,23,26H2,1-3H3,(H,42,54)(H,43,44)(H,45,55)/b32-21-,33-22-. The number of nitrogens with zero attached hydrogens (tertiary/aromatic N) is 6. The molecule has 1 aliphatic carbocycles. The van der Waals surface area contributed by atoms with Crippen LogP contribution in [0, 0.1) is 11.8 Å². The molecule has 300 valence electrons.